The van der Waals surface area contributed by atoms with E-state index in [0.717, 1.165) is 11.1 Å². The second-order valence-corrected chi connectivity index (χ2v) is 10.1. The van der Waals surface area contributed by atoms with Gasteiger partial charge in [-0.05, 0) is 60.8 Å². The number of ketones is 2. The third-order valence-electron chi connectivity index (χ3n) is 6.36. The fourth-order valence-electron chi connectivity index (χ4n) is 3.95. The summed E-state index contributed by atoms with van der Waals surface area (Å²) in [6.45, 7) is 14.8. The Bertz CT molecular complexity index is 848. The van der Waals surface area contributed by atoms with Gasteiger partial charge in [0.1, 0.15) is 23.2 Å². The first-order chi connectivity index (χ1) is 14.3. The monoisotopic (exact) mass is 430 g/mol. The van der Waals surface area contributed by atoms with E-state index in [4.69, 9.17) is 4.74 Å². The van der Waals surface area contributed by atoms with E-state index in [1.54, 1.807) is 20.8 Å². The molecule has 172 valence electrons. The Labute approximate surface area is 186 Å². The second-order valence-electron chi connectivity index (χ2n) is 10.1. The highest BCUT2D eigenvalue weighted by Gasteiger charge is 2.54. The minimum absolute atomic E-state index is 0.0325. The number of carbonyl (C=O) groups is 2. The highest BCUT2D eigenvalue weighted by molar-refractivity contribution is 6.25. The zero-order valence-corrected chi connectivity index (χ0v) is 20.3. The average molecular weight is 431 g/mol. The van der Waals surface area contributed by atoms with Gasteiger partial charge in [0.25, 0.3) is 0 Å². The lowest BCUT2D eigenvalue weighted by Crippen LogP contribution is -2.41. The van der Waals surface area contributed by atoms with Gasteiger partial charge < -0.3 is 14.9 Å². The van der Waals surface area contributed by atoms with E-state index in [1.807, 2.05) is 46.8 Å². The number of ether oxygens (including phenoxy) is 1. The summed E-state index contributed by atoms with van der Waals surface area (Å²) in [7, 11) is 0. The van der Waals surface area contributed by atoms with E-state index in [2.05, 4.69) is 0 Å². The minimum atomic E-state index is -1.25. The summed E-state index contributed by atoms with van der Waals surface area (Å²) in [4.78, 5) is 27.3. The number of hydrogen-bond donors (Lipinski definition) is 2. The van der Waals surface area contributed by atoms with Crippen molar-refractivity contribution >= 4 is 11.6 Å². The Morgan fingerprint density at radius 3 is 2.13 bits per heavy atom. The van der Waals surface area contributed by atoms with Crippen molar-refractivity contribution in [2.75, 3.05) is 0 Å². The molecule has 1 aliphatic carbocycles. The summed E-state index contributed by atoms with van der Waals surface area (Å²) in [5, 5.41) is 22.0. The van der Waals surface area contributed by atoms with Gasteiger partial charge in [0.2, 0.25) is 0 Å². The maximum absolute atomic E-state index is 14.0. The van der Waals surface area contributed by atoms with Crippen LogP contribution in [0.3, 0.4) is 0 Å². The summed E-state index contributed by atoms with van der Waals surface area (Å²) in [6, 6.07) is 0. The van der Waals surface area contributed by atoms with Gasteiger partial charge in [-0.2, -0.15) is 0 Å². The lowest BCUT2D eigenvalue weighted by atomic mass is 9.66. The highest BCUT2D eigenvalue weighted by atomic mass is 16.5. The van der Waals surface area contributed by atoms with Crippen molar-refractivity contribution in [3.63, 3.8) is 0 Å². The number of rotatable bonds is 8. The molecule has 31 heavy (non-hydrogen) atoms. The molecule has 0 radical (unpaired) electrons. The smallest absolute Gasteiger partial charge is 0.184 e. The van der Waals surface area contributed by atoms with Gasteiger partial charge in [0.15, 0.2) is 11.6 Å². The van der Waals surface area contributed by atoms with Crippen LogP contribution in [0.1, 0.15) is 81.1 Å². The Balaban J connectivity index is 2.80. The second kappa shape index (κ2) is 9.15. The maximum atomic E-state index is 14.0. The van der Waals surface area contributed by atoms with Gasteiger partial charge in [0, 0.05) is 17.9 Å². The molecular formula is C26H38O5. The number of fused-ring (bicyclic) bond motifs is 1. The fraction of sp³-hybridized carbons (Fsp3) is 0.615. The highest BCUT2D eigenvalue weighted by Crippen LogP contribution is 2.51. The Morgan fingerprint density at radius 1 is 1.19 bits per heavy atom. The number of aliphatic hydroxyl groups is 2. The summed E-state index contributed by atoms with van der Waals surface area (Å²) in [5.74, 6) is -0.870. The standard InChI is InChI=1S/C26H38O5/c1-9-17(6)21(27)20-22-18(14-19(31-22)25(7,8)30)23(28)26(24(20)29,12-10-15(2)3)13-11-16(4)5/h10-11,17,19,28,30H,9,12-14H2,1-8H3. The first kappa shape index (κ1) is 25.1. The van der Waals surface area contributed by atoms with E-state index in [0.29, 0.717) is 24.8 Å². The van der Waals surface area contributed by atoms with Crippen LogP contribution in [-0.4, -0.2) is 33.5 Å². The molecule has 0 amide bonds. The number of Topliss-reactive ketones (excluding diaryl/α,β-unsaturated/α-hetero) is 2. The van der Waals surface area contributed by atoms with E-state index in [1.165, 1.54) is 0 Å². The van der Waals surface area contributed by atoms with Crippen LogP contribution in [0, 0.1) is 11.3 Å². The molecule has 0 saturated carbocycles. The van der Waals surface area contributed by atoms with Crippen molar-refractivity contribution in [2.45, 2.75) is 92.8 Å². The van der Waals surface area contributed by atoms with Gasteiger partial charge >= 0.3 is 0 Å². The van der Waals surface area contributed by atoms with Crippen molar-refractivity contribution in [2.24, 2.45) is 11.3 Å². The predicted molar refractivity (Wildman–Crippen MR) is 122 cm³/mol. The van der Waals surface area contributed by atoms with Crippen LogP contribution in [-0.2, 0) is 14.3 Å². The summed E-state index contributed by atoms with van der Waals surface area (Å²) in [6.07, 6.45) is 4.67. The zero-order chi connectivity index (χ0) is 23.7. The zero-order valence-electron chi connectivity index (χ0n) is 20.3. The molecule has 2 atom stereocenters. The van der Waals surface area contributed by atoms with Crippen LogP contribution in [0.2, 0.25) is 0 Å². The van der Waals surface area contributed by atoms with Crippen LogP contribution in [0.4, 0.5) is 0 Å². The molecule has 1 fully saturated rings. The molecule has 1 heterocycles. The Hall–Kier alpha value is -2.14. The van der Waals surface area contributed by atoms with Gasteiger partial charge in [-0.1, -0.05) is 37.1 Å². The number of allylic oxidation sites excluding steroid dienone is 7. The minimum Gasteiger partial charge on any atom is -0.511 e. The van der Waals surface area contributed by atoms with Crippen LogP contribution in [0.15, 0.2) is 46.0 Å². The SMILES string of the molecule is CCC(C)C(=O)C1=C2OC(C(C)(C)O)CC2=C(O)C(CC=C(C)C)(CC=C(C)C)C1=O. The molecule has 1 aliphatic heterocycles. The lowest BCUT2D eigenvalue weighted by Gasteiger charge is -2.36. The van der Waals surface area contributed by atoms with Crippen molar-refractivity contribution in [1.29, 1.82) is 0 Å². The van der Waals surface area contributed by atoms with E-state index in [-0.39, 0.29) is 41.0 Å². The van der Waals surface area contributed by atoms with Crippen LogP contribution >= 0.6 is 0 Å². The molecule has 0 bridgehead atoms. The van der Waals surface area contributed by atoms with Gasteiger partial charge in [-0.15, -0.1) is 0 Å². The Morgan fingerprint density at radius 2 is 1.71 bits per heavy atom. The van der Waals surface area contributed by atoms with Gasteiger partial charge in [-0.3, -0.25) is 9.59 Å². The van der Waals surface area contributed by atoms with Crippen molar-refractivity contribution in [1.82, 2.24) is 0 Å². The lowest BCUT2D eigenvalue weighted by molar-refractivity contribution is -0.129. The van der Waals surface area contributed by atoms with Crippen molar-refractivity contribution < 1.29 is 24.5 Å². The molecule has 0 aromatic carbocycles. The third kappa shape index (κ3) is 4.87. The average Bonchev–Trinajstić information content (AvgIpc) is 3.12. The normalized spacial score (nSPS) is 21.5. The number of carbonyl (C=O) groups excluding carboxylic acids is 2. The van der Waals surface area contributed by atoms with Crippen molar-refractivity contribution in [3.05, 3.63) is 46.0 Å². The molecule has 2 N–H and O–H groups in total. The quantitative estimate of drug-likeness (QED) is 0.392. The maximum Gasteiger partial charge on any atom is 0.184 e. The molecule has 0 aromatic rings. The summed E-state index contributed by atoms with van der Waals surface area (Å²) >= 11 is 0. The molecule has 5 nitrogen and oxygen atoms in total. The topological polar surface area (TPSA) is 83.8 Å². The molecule has 5 heteroatoms. The van der Waals surface area contributed by atoms with Gasteiger partial charge in [0.05, 0.1) is 11.0 Å². The van der Waals surface area contributed by atoms with Gasteiger partial charge in [-0.25, -0.2) is 0 Å². The molecule has 2 rings (SSSR count). The van der Waals surface area contributed by atoms with Crippen LogP contribution < -0.4 is 0 Å². The van der Waals surface area contributed by atoms with Crippen LogP contribution in [0.5, 0.6) is 0 Å². The molecule has 0 aromatic heterocycles. The number of hydrogen-bond acceptors (Lipinski definition) is 5. The van der Waals surface area contributed by atoms with Crippen LogP contribution in [0.25, 0.3) is 0 Å². The first-order valence-corrected chi connectivity index (χ1v) is 11.2. The molecule has 0 spiro atoms. The Kier molecular flexibility index (Phi) is 7.42. The molecular weight excluding hydrogens is 392 g/mol. The fourth-order valence-corrected chi connectivity index (χ4v) is 3.95. The predicted octanol–water partition coefficient (Wildman–Crippen LogP) is 5.51. The summed E-state index contributed by atoms with van der Waals surface area (Å²) < 4.78 is 5.98. The van der Waals surface area contributed by atoms with E-state index < -0.39 is 17.1 Å². The van der Waals surface area contributed by atoms with E-state index >= 15 is 0 Å². The molecule has 2 aliphatic rings. The molecule has 2 unspecified atom stereocenters. The first-order valence-electron chi connectivity index (χ1n) is 11.2. The van der Waals surface area contributed by atoms with E-state index in [9.17, 15) is 19.8 Å². The largest absolute Gasteiger partial charge is 0.511 e. The third-order valence-corrected chi connectivity index (χ3v) is 6.36. The van der Waals surface area contributed by atoms with Crippen molar-refractivity contribution in [3.8, 4) is 0 Å². The summed E-state index contributed by atoms with van der Waals surface area (Å²) in [5.41, 5.74) is 0.144. The number of aliphatic hydroxyl groups excluding tert-OH is 1. The molecule has 1 saturated heterocycles.